The smallest absolute Gasteiger partial charge is 0.147 e. The lowest BCUT2D eigenvalue weighted by molar-refractivity contribution is -0.118. The van der Waals surface area contributed by atoms with Gasteiger partial charge in [-0.25, -0.2) is 0 Å². The topological polar surface area (TPSA) is 44.4 Å². The molecule has 4 nitrogen and oxygen atoms in total. The van der Waals surface area contributed by atoms with Crippen molar-refractivity contribution in [3.05, 3.63) is 0 Å². The van der Waals surface area contributed by atoms with Gasteiger partial charge in [0.1, 0.15) is 5.78 Å². The van der Waals surface area contributed by atoms with E-state index in [1.165, 1.54) is 0 Å². The van der Waals surface area contributed by atoms with Crippen LogP contribution >= 0.6 is 0 Å². The molecule has 1 aliphatic rings. The highest BCUT2D eigenvalue weighted by atomic mass is 16.1. The van der Waals surface area contributed by atoms with Gasteiger partial charge in [0.25, 0.3) is 0 Å². The first kappa shape index (κ1) is 10.6. The number of rotatable bonds is 1. The van der Waals surface area contributed by atoms with Gasteiger partial charge in [0.15, 0.2) is 0 Å². The fraction of sp³-hybridized carbons (Fsp3) is 0.889. The molecule has 0 aliphatic carbocycles. The maximum Gasteiger partial charge on any atom is 0.147 e. The highest BCUT2D eigenvalue weighted by molar-refractivity contribution is 5.81. The zero-order valence-corrected chi connectivity index (χ0v) is 8.47. The molecule has 0 spiro atoms. The summed E-state index contributed by atoms with van der Waals surface area (Å²) in [6.07, 6.45) is 0. The Kier molecular flexibility index (Phi) is 4.35. The van der Waals surface area contributed by atoms with Gasteiger partial charge in [-0.3, -0.25) is 4.79 Å². The molecule has 4 heteroatoms. The molecule has 0 radical (unpaired) electrons. The van der Waals surface area contributed by atoms with Gasteiger partial charge < -0.3 is 15.5 Å². The van der Waals surface area contributed by atoms with E-state index in [0.717, 1.165) is 32.7 Å². The lowest BCUT2D eigenvalue weighted by atomic mass is 10.2. The fourth-order valence-corrected chi connectivity index (χ4v) is 1.42. The van der Waals surface area contributed by atoms with E-state index in [1.807, 2.05) is 0 Å². The monoisotopic (exact) mass is 185 g/mol. The molecule has 13 heavy (non-hydrogen) atoms. The van der Waals surface area contributed by atoms with Crippen molar-refractivity contribution in [2.45, 2.75) is 13.0 Å². The first-order chi connectivity index (χ1) is 6.20. The molecule has 1 fully saturated rings. The normalized spacial score (nSPS) is 27.4. The van der Waals surface area contributed by atoms with E-state index >= 15 is 0 Å². The average molecular weight is 185 g/mol. The molecule has 1 aliphatic heterocycles. The van der Waals surface area contributed by atoms with Gasteiger partial charge in [-0.05, 0) is 14.0 Å². The summed E-state index contributed by atoms with van der Waals surface area (Å²) in [6, 6.07) is -0.00787. The Hall–Kier alpha value is -0.450. The van der Waals surface area contributed by atoms with Crippen LogP contribution in [0.3, 0.4) is 0 Å². The van der Waals surface area contributed by atoms with Crippen molar-refractivity contribution < 1.29 is 4.79 Å². The maximum atomic E-state index is 11.1. The third-order valence-corrected chi connectivity index (χ3v) is 2.39. The van der Waals surface area contributed by atoms with E-state index in [-0.39, 0.29) is 11.8 Å². The molecule has 0 aromatic rings. The van der Waals surface area contributed by atoms with Gasteiger partial charge in [-0.15, -0.1) is 0 Å². The van der Waals surface area contributed by atoms with E-state index in [2.05, 4.69) is 22.6 Å². The molecular weight excluding hydrogens is 166 g/mol. The Labute approximate surface area is 79.7 Å². The van der Waals surface area contributed by atoms with E-state index in [1.54, 1.807) is 6.92 Å². The number of ketones is 1. The molecule has 0 bridgehead atoms. The van der Waals surface area contributed by atoms with Gasteiger partial charge in [-0.2, -0.15) is 0 Å². The van der Waals surface area contributed by atoms with Crippen LogP contribution in [0, 0.1) is 0 Å². The molecule has 0 aromatic carbocycles. The van der Waals surface area contributed by atoms with Crippen LogP contribution in [-0.4, -0.2) is 56.5 Å². The summed E-state index contributed by atoms with van der Waals surface area (Å²) < 4.78 is 0. The number of likely N-dealkylation sites (N-methyl/N-ethyl adjacent to an activating group) is 1. The summed E-state index contributed by atoms with van der Waals surface area (Å²) in [4.78, 5) is 13.4. The number of carbonyl (C=O) groups is 1. The minimum absolute atomic E-state index is 0.00787. The van der Waals surface area contributed by atoms with Crippen LogP contribution in [0.4, 0.5) is 0 Å². The van der Waals surface area contributed by atoms with Crippen molar-refractivity contribution in [2.24, 2.45) is 0 Å². The van der Waals surface area contributed by atoms with Gasteiger partial charge in [0, 0.05) is 32.7 Å². The van der Waals surface area contributed by atoms with Crippen molar-refractivity contribution in [1.29, 1.82) is 0 Å². The highest BCUT2D eigenvalue weighted by Crippen LogP contribution is 1.88. The molecule has 1 rings (SSSR count). The summed E-state index contributed by atoms with van der Waals surface area (Å²) in [5.74, 6) is 0.219. The number of nitrogens with zero attached hydrogens (tertiary/aromatic N) is 1. The maximum absolute atomic E-state index is 11.1. The predicted octanol–water partition coefficient (Wildman–Crippen LogP) is -0.931. The minimum atomic E-state index is -0.00787. The zero-order chi connectivity index (χ0) is 9.68. The van der Waals surface area contributed by atoms with Crippen LogP contribution in [0.1, 0.15) is 6.92 Å². The molecule has 1 unspecified atom stereocenters. The third-order valence-electron chi connectivity index (χ3n) is 2.39. The van der Waals surface area contributed by atoms with Crippen LogP contribution < -0.4 is 10.6 Å². The first-order valence-corrected chi connectivity index (χ1v) is 4.83. The fourth-order valence-electron chi connectivity index (χ4n) is 1.42. The number of Topliss-reactive ketones (excluding diaryl/α,β-unsaturated/α-hetero) is 1. The quantitative estimate of drug-likeness (QED) is 0.554. The second-order valence-corrected chi connectivity index (χ2v) is 3.62. The van der Waals surface area contributed by atoms with E-state index in [9.17, 15) is 4.79 Å². The molecule has 1 heterocycles. The number of hydrogen-bond acceptors (Lipinski definition) is 4. The van der Waals surface area contributed by atoms with E-state index in [0.29, 0.717) is 0 Å². The van der Waals surface area contributed by atoms with Gasteiger partial charge in [0.2, 0.25) is 0 Å². The summed E-state index contributed by atoms with van der Waals surface area (Å²) >= 11 is 0. The molecule has 1 atom stereocenters. The van der Waals surface area contributed by atoms with Crippen LogP contribution in [0.2, 0.25) is 0 Å². The highest BCUT2D eigenvalue weighted by Gasteiger charge is 2.14. The molecule has 76 valence electrons. The summed E-state index contributed by atoms with van der Waals surface area (Å²) in [5, 5.41) is 6.50. The average Bonchev–Trinajstić information content (AvgIpc) is 2.16. The Morgan fingerprint density at radius 1 is 1.38 bits per heavy atom. The van der Waals surface area contributed by atoms with Gasteiger partial charge in [0.05, 0.1) is 6.04 Å². The lowest BCUT2D eigenvalue weighted by Crippen LogP contribution is -2.44. The van der Waals surface area contributed by atoms with Crippen LogP contribution in [0.5, 0.6) is 0 Å². The summed E-state index contributed by atoms with van der Waals surface area (Å²) in [5.41, 5.74) is 0. The second kappa shape index (κ2) is 5.32. The van der Waals surface area contributed by atoms with Crippen LogP contribution in [0.15, 0.2) is 0 Å². The van der Waals surface area contributed by atoms with Gasteiger partial charge >= 0.3 is 0 Å². The largest absolute Gasteiger partial charge is 0.313 e. The van der Waals surface area contributed by atoms with Crippen molar-refractivity contribution in [3.8, 4) is 0 Å². The lowest BCUT2D eigenvalue weighted by Gasteiger charge is -2.15. The van der Waals surface area contributed by atoms with Crippen molar-refractivity contribution in [2.75, 3.05) is 39.8 Å². The second-order valence-electron chi connectivity index (χ2n) is 3.62. The SMILES string of the molecule is CC(=O)C1CNCCN(C)CCN1. The van der Waals surface area contributed by atoms with E-state index in [4.69, 9.17) is 0 Å². The standard InChI is InChI=1S/C9H19N3O/c1-8(13)9-7-10-3-5-12(2)6-4-11-9/h9-11H,3-7H2,1-2H3. The number of hydrogen-bond donors (Lipinski definition) is 2. The Balaban J connectivity index is 2.38. The van der Waals surface area contributed by atoms with Crippen LogP contribution in [0.25, 0.3) is 0 Å². The summed E-state index contributed by atoms with van der Waals surface area (Å²) in [6.45, 7) is 6.30. The van der Waals surface area contributed by atoms with Crippen LogP contribution in [-0.2, 0) is 4.79 Å². The van der Waals surface area contributed by atoms with E-state index < -0.39 is 0 Å². The Morgan fingerprint density at radius 2 is 2.08 bits per heavy atom. The number of carbonyl (C=O) groups excluding carboxylic acids is 1. The zero-order valence-electron chi connectivity index (χ0n) is 8.47. The summed E-state index contributed by atoms with van der Waals surface area (Å²) in [7, 11) is 2.09. The molecule has 1 saturated heterocycles. The molecule has 0 aromatic heterocycles. The van der Waals surface area contributed by atoms with Crippen molar-refractivity contribution in [3.63, 3.8) is 0 Å². The Bertz CT molecular complexity index is 172. The van der Waals surface area contributed by atoms with Crippen molar-refractivity contribution >= 4 is 5.78 Å². The number of nitrogens with one attached hydrogen (secondary N) is 2. The molecule has 0 saturated carbocycles. The molecular formula is C9H19N3O. The van der Waals surface area contributed by atoms with Gasteiger partial charge in [-0.1, -0.05) is 0 Å². The van der Waals surface area contributed by atoms with Crippen molar-refractivity contribution in [1.82, 2.24) is 15.5 Å². The third kappa shape index (κ3) is 3.85. The Morgan fingerprint density at radius 3 is 2.77 bits per heavy atom. The molecule has 0 amide bonds. The predicted molar refractivity (Wildman–Crippen MR) is 52.8 cm³/mol. The first-order valence-electron chi connectivity index (χ1n) is 4.83. The minimum Gasteiger partial charge on any atom is -0.313 e. The molecule has 2 N–H and O–H groups in total.